The molecule has 2 aliphatic rings. The van der Waals surface area contributed by atoms with Crippen LogP contribution in [0, 0.1) is 6.92 Å². The van der Waals surface area contributed by atoms with Crippen molar-refractivity contribution in [3.8, 4) is 0 Å². The van der Waals surface area contributed by atoms with E-state index in [9.17, 15) is 4.79 Å². The quantitative estimate of drug-likeness (QED) is 0.859. The summed E-state index contributed by atoms with van der Waals surface area (Å²) in [5, 5.41) is 0. The minimum absolute atomic E-state index is 0.0568. The largest absolute Gasteiger partial charge is 0.371 e. The van der Waals surface area contributed by atoms with Gasteiger partial charge in [0.1, 0.15) is 11.5 Å². The fraction of sp³-hybridized carbons (Fsp3) is 0.526. The molecule has 25 heavy (non-hydrogen) atoms. The smallest absolute Gasteiger partial charge is 0.272 e. The molecule has 1 unspecified atom stereocenters. The predicted octanol–water partition coefficient (Wildman–Crippen LogP) is 2.49. The van der Waals surface area contributed by atoms with E-state index in [1.807, 2.05) is 36.4 Å². The highest BCUT2D eigenvalue weighted by Crippen LogP contribution is 2.24. The van der Waals surface area contributed by atoms with Gasteiger partial charge in [0, 0.05) is 50.5 Å². The summed E-state index contributed by atoms with van der Waals surface area (Å²) in [5.41, 5.74) is 1.69. The van der Waals surface area contributed by atoms with Gasteiger partial charge in [-0.25, -0.2) is 4.98 Å². The lowest BCUT2D eigenvalue weighted by atomic mass is 10.2. The van der Waals surface area contributed by atoms with Gasteiger partial charge in [0.25, 0.3) is 5.91 Å². The fourth-order valence-electron chi connectivity index (χ4n) is 3.97. The van der Waals surface area contributed by atoms with Crippen molar-refractivity contribution in [2.24, 2.45) is 0 Å². The van der Waals surface area contributed by atoms with Crippen molar-refractivity contribution in [1.29, 1.82) is 0 Å². The summed E-state index contributed by atoms with van der Waals surface area (Å²) in [5.74, 6) is 1.05. The van der Waals surface area contributed by atoms with Crippen molar-refractivity contribution in [3.63, 3.8) is 0 Å². The van der Waals surface area contributed by atoms with Crippen molar-refractivity contribution in [2.45, 2.75) is 45.2 Å². The van der Waals surface area contributed by atoms with Gasteiger partial charge in [0.05, 0.1) is 6.04 Å². The Kier molecular flexibility index (Phi) is 4.42. The summed E-state index contributed by atoms with van der Waals surface area (Å²) >= 11 is 0. The number of carbonyl (C=O) groups is 1. The van der Waals surface area contributed by atoms with Crippen molar-refractivity contribution in [1.82, 2.24) is 19.4 Å². The number of imidazole rings is 1. The molecule has 0 aliphatic carbocycles. The van der Waals surface area contributed by atoms with E-state index in [-0.39, 0.29) is 11.9 Å². The monoisotopic (exact) mass is 339 g/mol. The van der Waals surface area contributed by atoms with Crippen LogP contribution in [0.15, 0.2) is 30.7 Å². The van der Waals surface area contributed by atoms with Gasteiger partial charge in [-0.2, -0.15) is 0 Å². The molecule has 0 N–H and O–H groups in total. The Bertz CT molecular complexity index is 750. The lowest BCUT2D eigenvalue weighted by molar-refractivity contribution is 0.0718. The lowest BCUT2D eigenvalue weighted by Gasteiger charge is -2.26. The van der Waals surface area contributed by atoms with Crippen LogP contribution in [-0.2, 0) is 6.54 Å². The molecule has 2 aliphatic heterocycles. The fourth-order valence-corrected chi connectivity index (χ4v) is 3.97. The van der Waals surface area contributed by atoms with Gasteiger partial charge < -0.3 is 14.4 Å². The Morgan fingerprint density at radius 1 is 1.16 bits per heavy atom. The molecule has 2 aromatic rings. The molecule has 6 nitrogen and oxygen atoms in total. The van der Waals surface area contributed by atoms with E-state index in [0.29, 0.717) is 5.69 Å². The third kappa shape index (κ3) is 3.25. The molecule has 2 fully saturated rings. The van der Waals surface area contributed by atoms with Crippen LogP contribution in [0.5, 0.6) is 0 Å². The molecular weight excluding hydrogens is 314 g/mol. The Balaban J connectivity index is 1.51. The molecule has 0 saturated carbocycles. The number of nitrogens with zero attached hydrogens (tertiary/aromatic N) is 5. The summed E-state index contributed by atoms with van der Waals surface area (Å²) in [7, 11) is 0. The standard InChI is InChI=1S/C19H25N5O/c1-15-20-8-12-23(15)14-17-5-4-11-24(17)19(25)18-13-16(6-7-21-18)22-9-2-3-10-22/h6-8,12-13,17H,2-5,9-11,14H2,1H3. The zero-order chi connectivity index (χ0) is 17.2. The first-order valence-electron chi connectivity index (χ1n) is 9.22. The summed E-state index contributed by atoms with van der Waals surface area (Å²) in [6.07, 6.45) is 10.1. The maximum atomic E-state index is 13.1. The second-order valence-electron chi connectivity index (χ2n) is 7.01. The Morgan fingerprint density at radius 2 is 2.00 bits per heavy atom. The molecule has 0 spiro atoms. The third-order valence-corrected chi connectivity index (χ3v) is 5.40. The molecular formula is C19H25N5O. The van der Waals surface area contributed by atoms with Crippen molar-refractivity contribution >= 4 is 11.6 Å². The highest BCUT2D eigenvalue weighted by atomic mass is 16.2. The van der Waals surface area contributed by atoms with Gasteiger partial charge >= 0.3 is 0 Å². The highest BCUT2D eigenvalue weighted by Gasteiger charge is 2.30. The zero-order valence-corrected chi connectivity index (χ0v) is 14.8. The van der Waals surface area contributed by atoms with Crippen molar-refractivity contribution in [3.05, 3.63) is 42.2 Å². The summed E-state index contributed by atoms with van der Waals surface area (Å²) in [4.78, 5) is 26.0. The van der Waals surface area contributed by atoms with Crippen molar-refractivity contribution in [2.75, 3.05) is 24.5 Å². The first-order chi connectivity index (χ1) is 12.2. The number of pyridine rings is 1. The van der Waals surface area contributed by atoms with Crippen molar-refractivity contribution < 1.29 is 4.79 Å². The molecule has 132 valence electrons. The van der Waals surface area contributed by atoms with Crippen LogP contribution >= 0.6 is 0 Å². The van der Waals surface area contributed by atoms with Gasteiger partial charge in [0.15, 0.2) is 0 Å². The number of anilines is 1. The minimum atomic E-state index is 0.0568. The van der Waals surface area contributed by atoms with E-state index < -0.39 is 0 Å². The van der Waals surface area contributed by atoms with Gasteiger partial charge in [-0.1, -0.05) is 0 Å². The number of hydrogen-bond donors (Lipinski definition) is 0. The lowest BCUT2D eigenvalue weighted by Crippen LogP contribution is -2.38. The van der Waals surface area contributed by atoms with E-state index in [1.54, 1.807) is 6.20 Å². The molecule has 4 heterocycles. The summed E-state index contributed by atoms with van der Waals surface area (Å²) in [6.45, 7) is 5.77. The Labute approximate surface area is 148 Å². The SMILES string of the molecule is Cc1nccn1CC1CCCN1C(=O)c1cc(N2CCCC2)ccn1. The number of hydrogen-bond acceptors (Lipinski definition) is 4. The Morgan fingerprint density at radius 3 is 2.76 bits per heavy atom. The van der Waals surface area contributed by atoms with E-state index in [4.69, 9.17) is 0 Å². The first kappa shape index (κ1) is 16.1. The van der Waals surface area contributed by atoms with Crippen LogP contribution in [0.2, 0.25) is 0 Å². The number of aryl methyl sites for hydroxylation is 1. The van der Waals surface area contributed by atoms with E-state index >= 15 is 0 Å². The van der Waals surface area contributed by atoms with Crippen LogP contribution in [0.1, 0.15) is 42.0 Å². The molecule has 0 bridgehead atoms. The molecule has 2 aromatic heterocycles. The highest BCUT2D eigenvalue weighted by molar-refractivity contribution is 5.93. The van der Waals surface area contributed by atoms with Crippen LogP contribution in [0.4, 0.5) is 5.69 Å². The van der Waals surface area contributed by atoms with E-state index in [1.165, 1.54) is 12.8 Å². The third-order valence-electron chi connectivity index (χ3n) is 5.40. The molecule has 1 amide bonds. The molecule has 2 saturated heterocycles. The summed E-state index contributed by atoms with van der Waals surface area (Å²) < 4.78 is 2.13. The van der Waals surface area contributed by atoms with Gasteiger partial charge in [-0.3, -0.25) is 9.78 Å². The van der Waals surface area contributed by atoms with Crippen LogP contribution in [0.3, 0.4) is 0 Å². The number of amides is 1. The van der Waals surface area contributed by atoms with Crippen LogP contribution in [0.25, 0.3) is 0 Å². The second kappa shape index (κ2) is 6.86. The van der Waals surface area contributed by atoms with E-state index in [0.717, 1.165) is 50.5 Å². The normalized spacial score (nSPS) is 20.4. The Hall–Kier alpha value is -2.37. The average molecular weight is 339 g/mol. The van der Waals surface area contributed by atoms with Gasteiger partial charge in [-0.15, -0.1) is 0 Å². The molecule has 0 aromatic carbocycles. The minimum Gasteiger partial charge on any atom is -0.371 e. The topological polar surface area (TPSA) is 54.3 Å². The molecule has 1 atom stereocenters. The second-order valence-corrected chi connectivity index (χ2v) is 7.01. The molecule has 4 rings (SSSR count). The van der Waals surface area contributed by atoms with Crippen LogP contribution in [-0.4, -0.2) is 51.0 Å². The average Bonchev–Trinajstić information content (AvgIpc) is 3.38. The molecule has 6 heteroatoms. The van der Waals surface area contributed by atoms with Gasteiger partial charge in [-0.05, 0) is 44.7 Å². The maximum absolute atomic E-state index is 13.1. The zero-order valence-electron chi connectivity index (χ0n) is 14.8. The molecule has 0 radical (unpaired) electrons. The predicted molar refractivity (Wildman–Crippen MR) is 96.7 cm³/mol. The summed E-state index contributed by atoms with van der Waals surface area (Å²) in [6, 6.07) is 4.20. The number of aromatic nitrogens is 3. The number of rotatable bonds is 4. The first-order valence-corrected chi connectivity index (χ1v) is 9.22. The maximum Gasteiger partial charge on any atom is 0.272 e. The van der Waals surface area contributed by atoms with Gasteiger partial charge in [0.2, 0.25) is 0 Å². The van der Waals surface area contributed by atoms with Crippen LogP contribution < -0.4 is 4.90 Å². The van der Waals surface area contributed by atoms with E-state index in [2.05, 4.69) is 19.4 Å². The number of likely N-dealkylation sites (tertiary alicyclic amines) is 1. The number of carbonyl (C=O) groups excluding carboxylic acids is 1.